The van der Waals surface area contributed by atoms with Crippen LogP contribution in [0.4, 0.5) is 5.95 Å². The average Bonchev–Trinajstić information content (AvgIpc) is 3.39. The Morgan fingerprint density at radius 3 is 2.47 bits per heavy atom. The third kappa shape index (κ3) is 4.00. The maximum atomic E-state index is 13.0. The molecule has 0 radical (unpaired) electrons. The van der Waals surface area contributed by atoms with Crippen LogP contribution in [0.1, 0.15) is 5.56 Å². The second kappa shape index (κ2) is 9.30. The highest BCUT2D eigenvalue weighted by atomic mass is 16.5. The Morgan fingerprint density at radius 1 is 0.889 bits per heavy atom. The minimum absolute atomic E-state index is 0.119. The van der Waals surface area contributed by atoms with Crippen LogP contribution in [-0.2, 0) is 11.2 Å². The molecule has 180 valence electrons. The lowest BCUT2D eigenvalue weighted by atomic mass is 10.1. The molecule has 1 aliphatic heterocycles. The zero-order valence-electron chi connectivity index (χ0n) is 20.0. The second-order valence-corrected chi connectivity index (χ2v) is 8.87. The van der Waals surface area contributed by atoms with Crippen molar-refractivity contribution in [2.24, 2.45) is 0 Å². The van der Waals surface area contributed by atoms with Gasteiger partial charge in [0, 0.05) is 37.1 Å². The molecule has 36 heavy (non-hydrogen) atoms. The van der Waals surface area contributed by atoms with Crippen molar-refractivity contribution in [2.75, 3.05) is 38.2 Å². The third-order valence-electron chi connectivity index (χ3n) is 6.67. The fraction of sp³-hybridized carbons (Fsp3) is 0.214. The highest BCUT2D eigenvalue weighted by molar-refractivity contribution is 5.93. The van der Waals surface area contributed by atoms with Crippen LogP contribution in [0.5, 0.6) is 5.75 Å². The van der Waals surface area contributed by atoms with Gasteiger partial charge in [-0.15, -0.1) is 10.2 Å². The van der Waals surface area contributed by atoms with Crippen LogP contribution in [0.3, 0.4) is 0 Å². The Kier molecular flexibility index (Phi) is 5.69. The number of aromatic nitrogens is 4. The highest BCUT2D eigenvalue weighted by Gasteiger charge is 2.26. The van der Waals surface area contributed by atoms with Crippen molar-refractivity contribution in [3.05, 3.63) is 84.4 Å². The van der Waals surface area contributed by atoms with Crippen LogP contribution in [0.15, 0.2) is 78.9 Å². The third-order valence-corrected chi connectivity index (χ3v) is 6.67. The number of benzene rings is 3. The van der Waals surface area contributed by atoms with Gasteiger partial charge in [-0.1, -0.05) is 54.6 Å². The highest BCUT2D eigenvalue weighted by Crippen LogP contribution is 2.29. The van der Waals surface area contributed by atoms with E-state index in [1.165, 1.54) is 0 Å². The smallest absolute Gasteiger partial charge is 0.227 e. The SMILES string of the molecule is COc1cccc(CC(=O)N2CCN(c3nc4ccccc4c4nnc(-c5ccccc5)n34)CC2)c1. The van der Waals surface area contributed by atoms with Gasteiger partial charge >= 0.3 is 0 Å². The summed E-state index contributed by atoms with van der Waals surface area (Å²) >= 11 is 0. The summed E-state index contributed by atoms with van der Waals surface area (Å²) in [5, 5.41) is 10.1. The van der Waals surface area contributed by atoms with Crippen molar-refractivity contribution >= 4 is 28.4 Å². The normalized spacial score (nSPS) is 13.9. The number of rotatable bonds is 5. The number of carbonyl (C=O) groups is 1. The molecule has 8 nitrogen and oxygen atoms in total. The van der Waals surface area contributed by atoms with Crippen molar-refractivity contribution in [1.82, 2.24) is 24.5 Å². The van der Waals surface area contributed by atoms with Gasteiger partial charge in [-0.25, -0.2) is 9.38 Å². The molecular weight excluding hydrogens is 452 g/mol. The second-order valence-electron chi connectivity index (χ2n) is 8.87. The molecule has 5 aromatic rings. The minimum atomic E-state index is 0.119. The van der Waals surface area contributed by atoms with E-state index in [0.29, 0.717) is 32.6 Å². The first-order valence-corrected chi connectivity index (χ1v) is 12.1. The Labute approximate surface area is 208 Å². The van der Waals surface area contributed by atoms with E-state index < -0.39 is 0 Å². The molecule has 1 fully saturated rings. The number of carbonyl (C=O) groups excluding carboxylic acids is 1. The lowest BCUT2D eigenvalue weighted by molar-refractivity contribution is -0.130. The quantitative estimate of drug-likeness (QED) is 0.382. The predicted octanol–water partition coefficient (Wildman–Crippen LogP) is 3.84. The molecule has 2 aromatic heterocycles. The van der Waals surface area contributed by atoms with Crippen LogP contribution >= 0.6 is 0 Å². The number of nitrogens with zero attached hydrogens (tertiary/aromatic N) is 6. The van der Waals surface area contributed by atoms with E-state index in [9.17, 15) is 4.79 Å². The summed E-state index contributed by atoms with van der Waals surface area (Å²) in [6.07, 6.45) is 0.360. The standard InChI is InChI=1S/C28H26N6O2/c1-36-22-11-7-8-20(18-22)19-25(35)32-14-16-33(17-15-32)28-29-24-13-6-5-12-23(24)27-31-30-26(34(27)28)21-9-3-2-4-10-21/h2-13,18H,14-17,19H2,1H3. The molecule has 0 N–H and O–H groups in total. The van der Waals surface area contributed by atoms with Crippen LogP contribution in [0.25, 0.3) is 27.9 Å². The topological polar surface area (TPSA) is 75.9 Å². The van der Waals surface area contributed by atoms with Crippen molar-refractivity contribution in [1.29, 1.82) is 0 Å². The van der Waals surface area contributed by atoms with E-state index in [-0.39, 0.29) is 5.91 Å². The van der Waals surface area contributed by atoms with E-state index in [1.54, 1.807) is 7.11 Å². The number of anilines is 1. The van der Waals surface area contributed by atoms with Gasteiger partial charge in [-0.05, 0) is 29.8 Å². The number of hydrogen-bond donors (Lipinski definition) is 0. The summed E-state index contributed by atoms with van der Waals surface area (Å²) in [6.45, 7) is 2.61. The molecular formula is C28H26N6O2. The zero-order valence-corrected chi connectivity index (χ0v) is 20.0. The molecule has 0 spiro atoms. The number of amides is 1. The van der Waals surface area contributed by atoms with Crippen molar-refractivity contribution in [3.8, 4) is 17.1 Å². The molecule has 8 heteroatoms. The molecule has 1 aliphatic rings. The van der Waals surface area contributed by atoms with Crippen LogP contribution in [-0.4, -0.2) is 63.7 Å². The van der Waals surface area contributed by atoms with Gasteiger partial charge in [0.1, 0.15) is 5.75 Å². The number of piperazine rings is 1. The summed E-state index contributed by atoms with van der Waals surface area (Å²) in [6, 6.07) is 25.7. The molecule has 3 heterocycles. The molecule has 1 saturated heterocycles. The van der Waals surface area contributed by atoms with Crippen molar-refractivity contribution in [3.63, 3.8) is 0 Å². The number of hydrogen-bond acceptors (Lipinski definition) is 6. The maximum absolute atomic E-state index is 13.0. The number of fused-ring (bicyclic) bond motifs is 3. The first-order chi connectivity index (χ1) is 17.7. The van der Waals surface area contributed by atoms with Crippen molar-refractivity contribution in [2.45, 2.75) is 6.42 Å². The Hall–Kier alpha value is -4.46. The summed E-state index contributed by atoms with van der Waals surface area (Å²) in [7, 11) is 1.64. The minimum Gasteiger partial charge on any atom is -0.497 e. The molecule has 0 saturated carbocycles. The van der Waals surface area contributed by atoms with Crippen LogP contribution in [0.2, 0.25) is 0 Å². The summed E-state index contributed by atoms with van der Waals surface area (Å²) in [5.74, 6) is 2.44. The summed E-state index contributed by atoms with van der Waals surface area (Å²) in [4.78, 5) is 22.2. The van der Waals surface area contributed by atoms with Gasteiger partial charge in [0.15, 0.2) is 11.5 Å². The first kappa shape index (κ1) is 22.0. The predicted molar refractivity (Wildman–Crippen MR) is 139 cm³/mol. The number of methoxy groups -OCH3 is 1. The molecule has 0 aliphatic carbocycles. The van der Waals surface area contributed by atoms with Crippen molar-refractivity contribution < 1.29 is 9.53 Å². The lowest BCUT2D eigenvalue weighted by Gasteiger charge is -2.35. The van der Waals surface area contributed by atoms with Gasteiger partial charge in [-0.2, -0.15) is 0 Å². The average molecular weight is 479 g/mol. The molecule has 3 aromatic carbocycles. The first-order valence-electron chi connectivity index (χ1n) is 12.1. The van der Waals surface area contributed by atoms with Gasteiger partial charge in [0.25, 0.3) is 0 Å². The van der Waals surface area contributed by atoms with Gasteiger partial charge in [0.05, 0.1) is 19.0 Å². The lowest BCUT2D eigenvalue weighted by Crippen LogP contribution is -2.50. The van der Waals surface area contributed by atoms with Gasteiger partial charge < -0.3 is 14.5 Å². The monoisotopic (exact) mass is 478 g/mol. The molecule has 6 rings (SSSR count). The number of para-hydroxylation sites is 1. The number of ether oxygens (including phenoxy) is 1. The Bertz CT molecular complexity index is 1540. The van der Waals surface area contributed by atoms with Crippen LogP contribution < -0.4 is 9.64 Å². The largest absolute Gasteiger partial charge is 0.497 e. The van der Waals surface area contributed by atoms with Crippen LogP contribution in [0, 0.1) is 0 Å². The van der Waals surface area contributed by atoms with E-state index in [2.05, 4.69) is 15.1 Å². The summed E-state index contributed by atoms with van der Waals surface area (Å²) in [5.41, 5.74) is 3.60. The summed E-state index contributed by atoms with van der Waals surface area (Å²) < 4.78 is 7.34. The molecule has 0 atom stereocenters. The van der Waals surface area contributed by atoms with E-state index >= 15 is 0 Å². The zero-order chi connectivity index (χ0) is 24.5. The van der Waals surface area contributed by atoms with Gasteiger partial charge in [-0.3, -0.25) is 4.79 Å². The van der Waals surface area contributed by atoms with E-state index in [1.807, 2.05) is 88.2 Å². The maximum Gasteiger partial charge on any atom is 0.227 e. The Morgan fingerprint density at radius 2 is 1.67 bits per heavy atom. The fourth-order valence-corrected chi connectivity index (χ4v) is 4.78. The fourth-order valence-electron chi connectivity index (χ4n) is 4.78. The van der Waals surface area contributed by atoms with E-state index in [4.69, 9.17) is 9.72 Å². The van der Waals surface area contributed by atoms with E-state index in [0.717, 1.165) is 45.2 Å². The molecule has 0 unspecified atom stereocenters. The molecule has 1 amide bonds. The Balaban J connectivity index is 1.29. The van der Waals surface area contributed by atoms with Gasteiger partial charge in [0.2, 0.25) is 11.9 Å². The molecule has 0 bridgehead atoms.